The minimum absolute atomic E-state index is 0.101. The molecule has 0 spiro atoms. The Hall–Kier alpha value is -2.99. The van der Waals surface area contributed by atoms with Gasteiger partial charge in [0.05, 0.1) is 15.2 Å². The minimum Gasteiger partial charge on any atom is -0.422 e. The van der Waals surface area contributed by atoms with Gasteiger partial charge < -0.3 is 9.32 Å². The van der Waals surface area contributed by atoms with Crippen LogP contribution in [0.15, 0.2) is 63.8 Å². The minimum atomic E-state index is -0.578. The highest BCUT2D eigenvalue weighted by atomic mass is 32.1. The molecule has 1 aliphatic heterocycles. The van der Waals surface area contributed by atoms with Crippen molar-refractivity contribution < 1.29 is 9.21 Å². The van der Waals surface area contributed by atoms with Gasteiger partial charge in [-0.05, 0) is 37.1 Å². The van der Waals surface area contributed by atoms with Gasteiger partial charge in [0.25, 0.3) is 5.91 Å². The smallest absolute Gasteiger partial charge is 0.349 e. The van der Waals surface area contributed by atoms with E-state index >= 15 is 0 Å². The van der Waals surface area contributed by atoms with Crippen LogP contribution in [-0.2, 0) is 0 Å². The second kappa shape index (κ2) is 6.87. The van der Waals surface area contributed by atoms with Crippen LogP contribution in [0.1, 0.15) is 34.1 Å². The standard InChI is InChI=1S/C22H18N2O3S/c25-21(16-12-14-6-1-3-9-18(14)27-22(16)26)24-11-5-7-15(13-24)20-23-17-8-2-4-10-19(17)28-20/h1-4,6,8-10,12,15H,5,7,11,13H2. The van der Waals surface area contributed by atoms with Crippen molar-refractivity contribution in [2.45, 2.75) is 18.8 Å². The molecule has 3 heterocycles. The maximum Gasteiger partial charge on any atom is 0.349 e. The predicted octanol–water partition coefficient (Wildman–Crippen LogP) is 4.42. The summed E-state index contributed by atoms with van der Waals surface area (Å²) in [5.41, 5.74) is 1.02. The average molecular weight is 390 g/mol. The van der Waals surface area contributed by atoms with Gasteiger partial charge in [0, 0.05) is 24.4 Å². The van der Waals surface area contributed by atoms with Gasteiger partial charge >= 0.3 is 5.63 Å². The van der Waals surface area contributed by atoms with Crippen molar-refractivity contribution in [2.24, 2.45) is 0 Å². The van der Waals surface area contributed by atoms with Crippen molar-refractivity contribution in [1.82, 2.24) is 9.88 Å². The zero-order valence-corrected chi connectivity index (χ0v) is 15.9. The van der Waals surface area contributed by atoms with Crippen LogP contribution in [0.2, 0.25) is 0 Å². The lowest BCUT2D eigenvalue weighted by Gasteiger charge is -2.31. The van der Waals surface area contributed by atoms with Crippen molar-refractivity contribution in [1.29, 1.82) is 0 Å². The lowest BCUT2D eigenvalue weighted by atomic mass is 9.98. The second-order valence-corrected chi connectivity index (χ2v) is 8.16. The number of amides is 1. The van der Waals surface area contributed by atoms with Crippen molar-refractivity contribution in [3.05, 3.63) is 75.6 Å². The molecule has 6 heteroatoms. The van der Waals surface area contributed by atoms with E-state index in [-0.39, 0.29) is 17.4 Å². The van der Waals surface area contributed by atoms with E-state index in [1.165, 1.54) is 0 Å². The SMILES string of the molecule is O=C(c1cc2ccccc2oc1=O)N1CCCC(c2nc3ccccc3s2)C1. The summed E-state index contributed by atoms with van der Waals surface area (Å²) in [5.74, 6) is -0.0621. The Labute approximate surface area is 165 Å². The summed E-state index contributed by atoms with van der Waals surface area (Å²) >= 11 is 1.69. The lowest BCUT2D eigenvalue weighted by molar-refractivity contribution is 0.0703. The van der Waals surface area contributed by atoms with E-state index in [1.54, 1.807) is 34.4 Å². The molecule has 4 aromatic rings. The first kappa shape index (κ1) is 17.1. The van der Waals surface area contributed by atoms with Gasteiger partial charge in [-0.3, -0.25) is 4.79 Å². The van der Waals surface area contributed by atoms with E-state index in [9.17, 15) is 9.59 Å². The number of rotatable bonds is 2. The second-order valence-electron chi connectivity index (χ2n) is 7.10. The summed E-state index contributed by atoms with van der Waals surface area (Å²) in [5, 5.41) is 1.81. The molecule has 2 aromatic carbocycles. The zero-order valence-electron chi connectivity index (χ0n) is 15.1. The largest absolute Gasteiger partial charge is 0.422 e. The average Bonchev–Trinajstić information content (AvgIpc) is 3.17. The number of carbonyl (C=O) groups is 1. The molecule has 5 rings (SSSR count). The fraction of sp³-hybridized carbons (Fsp3) is 0.227. The van der Waals surface area contributed by atoms with Gasteiger partial charge in [0.15, 0.2) is 0 Å². The van der Waals surface area contributed by atoms with Crippen LogP contribution in [0.25, 0.3) is 21.2 Å². The summed E-state index contributed by atoms with van der Waals surface area (Å²) in [6.07, 6.45) is 1.89. The van der Waals surface area contributed by atoms with E-state index in [0.29, 0.717) is 18.7 Å². The highest BCUT2D eigenvalue weighted by molar-refractivity contribution is 7.18. The molecule has 140 valence electrons. The molecule has 28 heavy (non-hydrogen) atoms. The van der Waals surface area contributed by atoms with Crippen LogP contribution in [0.3, 0.4) is 0 Å². The van der Waals surface area contributed by atoms with Crippen molar-refractivity contribution in [2.75, 3.05) is 13.1 Å². The van der Waals surface area contributed by atoms with Gasteiger partial charge in [0.1, 0.15) is 11.1 Å². The number of fused-ring (bicyclic) bond motifs is 2. The molecule has 0 saturated carbocycles. The maximum absolute atomic E-state index is 13.1. The molecule has 1 amide bonds. The molecular formula is C22H18N2O3S. The number of carbonyl (C=O) groups excluding carboxylic acids is 1. The van der Waals surface area contributed by atoms with Gasteiger partial charge in [-0.2, -0.15) is 0 Å². The third-order valence-electron chi connectivity index (χ3n) is 5.24. The number of likely N-dealkylation sites (tertiary alicyclic amines) is 1. The summed E-state index contributed by atoms with van der Waals surface area (Å²) < 4.78 is 6.51. The first-order chi connectivity index (χ1) is 13.7. The number of hydrogen-bond donors (Lipinski definition) is 0. The summed E-state index contributed by atoms with van der Waals surface area (Å²) in [6.45, 7) is 1.22. The topological polar surface area (TPSA) is 63.4 Å². The molecule has 5 nitrogen and oxygen atoms in total. The van der Waals surface area contributed by atoms with Gasteiger partial charge in [-0.1, -0.05) is 30.3 Å². The molecule has 1 fully saturated rings. The molecule has 1 atom stereocenters. The lowest BCUT2D eigenvalue weighted by Crippen LogP contribution is -2.40. The molecule has 0 N–H and O–H groups in total. The monoisotopic (exact) mass is 390 g/mol. The molecular weight excluding hydrogens is 372 g/mol. The molecule has 1 unspecified atom stereocenters. The number of benzene rings is 2. The Morgan fingerprint density at radius 2 is 1.96 bits per heavy atom. The van der Waals surface area contributed by atoms with Crippen molar-refractivity contribution in [3.63, 3.8) is 0 Å². The third-order valence-corrected chi connectivity index (χ3v) is 6.44. The summed E-state index contributed by atoms with van der Waals surface area (Å²) in [4.78, 5) is 32.0. The van der Waals surface area contributed by atoms with Crippen molar-refractivity contribution in [3.8, 4) is 0 Å². The molecule has 0 radical (unpaired) electrons. The van der Waals surface area contributed by atoms with Gasteiger partial charge in [-0.25, -0.2) is 9.78 Å². The molecule has 0 aliphatic carbocycles. The Bertz CT molecular complexity index is 1210. The van der Waals surface area contributed by atoms with Crippen molar-refractivity contribution >= 4 is 38.4 Å². The Kier molecular flexibility index (Phi) is 4.20. The van der Waals surface area contributed by atoms with Crippen LogP contribution in [-0.4, -0.2) is 28.9 Å². The van der Waals surface area contributed by atoms with Crippen LogP contribution in [0, 0.1) is 0 Å². The number of aromatic nitrogens is 1. The quantitative estimate of drug-likeness (QED) is 0.475. The highest BCUT2D eigenvalue weighted by Crippen LogP contribution is 2.33. The van der Waals surface area contributed by atoms with Crippen LogP contribution >= 0.6 is 11.3 Å². The number of nitrogens with zero attached hydrogens (tertiary/aromatic N) is 2. The van der Waals surface area contributed by atoms with E-state index in [4.69, 9.17) is 9.40 Å². The Morgan fingerprint density at radius 1 is 1.14 bits per heavy atom. The first-order valence-electron chi connectivity index (χ1n) is 9.37. The molecule has 1 saturated heterocycles. The third kappa shape index (κ3) is 2.99. The van der Waals surface area contributed by atoms with E-state index < -0.39 is 5.63 Å². The highest BCUT2D eigenvalue weighted by Gasteiger charge is 2.29. The fourth-order valence-electron chi connectivity index (χ4n) is 3.81. The van der Waals surface area contributed by atoms with Crippen LogP contribution in [0.5, 0.6) is 0 Å². The Morgan fingerprint density at radius 3 is 2.86 bits per heavy atom. The van der Waals surface area contributed by atoms with Crippen LogP contribution in [0.4, 0.5) is 0 Å². The number of hydrogen-bond acceptors (Lipinski definition) is 5. The number of thiazole rings is 1. The molecule has 0 bridgehead atoms. The normalized spacial score (nSPS) is 17.3. The van der Waals surface area contributed by atoms with Gasteiger partial charge in [-0.15, -0.1) is 11.3 Å². The summed E-state index contributed by atoms with van der Waals surface area (Å²) in [6, 6.07) is 17.0. The Balaban J connectivity index is 1.44. The fourth-order valence-corrected chi connectivity index (χ4v) is 4.90. The summed E-state index contributed by atoms with van der Waals surface area (Å²) in [7, 11) is 0. The first-order valence-corrected chi connectivity index (χ1v) is 10.2. The van der Waals surface area contributed by atoms with E-state index in [0.717, 1.165) is 33.5 Å². The number of para-hydroxylation sites is 2. The van der Waals surface area contributed by atoms with E-state index in [2.05, 4.69) is 6.07 Å². The van der Waals surface area contributed by atoms with Gasteiger partial charge in [0.2, 0.25) is 0 Å². The molecule has 2 aromatic heterocycles. The maximum atomic E-state index is 13.1. The number of piperidine rings is 1. The molecule has 1 aliphatic rings. The predicted molar refractivity (Wildman–Crippen MR) is 110 cm³/mol. The zero-order chi connectivity index (χ0) is 19.1. The van der Waals surface area contributed by atoms with Crippen LogP contribution < -0.4 is 5.63 Å². The van der Waals surface area contributed by atoms with E-state index in [1.807, 2.05) is 30.3 Å².